The summed E-state index contributed by atoms with van der Waals surface area (Å²) in [6, 6.07) is 11.5. The molecule has 2 aliphatic rings. The quantitative estimate of drug-likeness (QED) is 0.755. The SMILES string of the molecule is COc1ccc(C2CC(C(=O)N3C[C@@H](N)[C@H](c4ccc(C)o4)C3)NN2)cc1. The van der Waals surface area contributed by atoms with E-state index in [1.54, 1.807) is 7.11 Å². The van der Waals surface area contributed by atoms with Crippen molar-refractivity contribution in [2.75, 3.05) is 20.2 Å². The highest BCUT2D eigenvalue weighted by atomic mass is 16.5. The van der Waals surface area contributed by atoms with Crippen LogP contribution in [0.15, 0.2) is 40.8 Å². The van der Waals surface area contributed by atoms with Crippen LogP contribution < -0.4 is 21.3 Å². The summed E-state index contributed by atoms with van der Waals surface area (Å²) in [5.41, 5.74) is 13.8. The van der Waals surface area contributed by atoms with E-state index < -0.39 is 0 Å². The molecule has 1 amide bonds. The van der Waals surface area contributed by atoms with Crippen molar-refractivity contribution >= 4 is 5.91 Å². The van der Waals surface area contributed by atoms with Crippen LogP contribution in [0.1, 0.15) is 35.5 Å². The van der Waals surface area contributed by atoms with Crippen LogP contribution in [-0.4, -0.2) is 43.1 Å². The van der Waals surface area contributed by atoms with Gasteiger partial charge in [-0.1, -0.05) is 12.1 Å². The van der Waals surface area contributed by atoms with E-state index in [9.17, 15) is 4.79 Å². The van der Waals surface area contributed by atoms with Gasteiger partial charge in [0, 0.05) is 25.2 Å². The van der Waals surface area contributed by atoms with Crippen LogP contribution in [0, 0.1) is 6.92 Å². The van der Waals surface area contributed by atoms with Gasteiger partial charge in [0.05, 0.1) is 13.0 Å². The van der Waals surface area contributed by atoms with Crippen LogP contribution in [0.4, 0.5) is 0 Å². The fourth-order valence-electron chi connectivity index (χ4n) is 3.96. The van der Waals surface area contributed by atoms with Gasteiger partial charge in [0.1, 0.15) is 23.3 Å². The van der Waals surface area contributed by atoms with Crippen LogP contribution >= 0.6 is 0 Å². The third kappa shape index (κ3) is 3.58. The first kappa shape index (κ1) is 18.0. The molecule has 0 spiro atoms. The van der Waals surface area contributed by atoms with Crippen molar-refractivity contribution in [3.63, 3.8) is 0 Å². The molecule has 1 aromatic heterocycles. The number of hydrazine groups is 1. The van der Waals surface area contributed by atoms with Gasteiger partial charge in [-0.2, -0.15) is 0 Å². The number of nitrogens with one attached hydrogen (secondary N) is 2. The minimum absolute atomic E-state index is 0.0504. The van der Waals surface area contributed by atoms with Gasteiger partial charge < -0.3 is 19.8 Å². The Morgan fingerprint density at radius 3 is 2.63 bits per heavy atom. The molecule has 0 bridgehead atoms. The maximum atomic E-state index is 13.0. The van der Waals surface area contributed by atoms with Gasteiger partial charge in [-0.15, -0.1) is 0 Å². The summed E-state index contributed by atoms with van der Waals surface area (Å²) in [6.07, 6.45) is 0.696. The number of methoxy groups -OCH3 is 1. The van der Waals surface area contributed by atoms with Crippen molar-refractivity contribution in [2.24, 2.45) is 5.73 Å². The van der Waals surface area contributed by atoms with E-state index in [0.29, 0.717) is 19.5 Å². The minimum atomic E-state index is -0.263. The minimum Gasteiger partial charge on any atom is -0.497 e. The Labute approximate surface area is 158 Å². The molecule has 4 N–H and O–H groups in total. The number of likely N-dealkylation sites (tertiary alicyclic amines) is 1. The maximum Gasteiger partial charge on any atom is 0.241 e. The van der Waals surface area contributed by atoms with E-state index in [1.807, 2.05) is 48.2 Å². The lowest BCUT2D eigenvalue weighted by Crippen LogP contribution is -2.45. The highest BCUT2D eigenvalue weighted by Crippen LogP contribution is 2.30. The summed E-state index contributed by atoms with van der Waals surface area (Å²) in [7, 11) is 1.65. The van der Waals surface area contributed by atoms with Crippen molar-refractivity contribution < 1.29 is 13.9 Å². The molecule has 2 saturated heterocycles. The predicted molar refractivity (Wildman–Crippen MR) is 101 cm³/mol. The van der Waals surface area contributed by atoms with Gasteiger partial charge in [0.2, 0.25) is 5.91 Å². The molecule has 144 valence electrons. The van der Waals surface area contributed by atoms with E-state index in [-0.39, 0.29) is 30.0 Å². The van der Waals surface area contributed by atoms with Crippen molar-refractivity contribution in [3.8, 4) is 5.75 Å². The molecule has 27 heavy (non-hydrogen) atoms. The Bertz CT molecular complexity index is 804. The van der Waals surface area contributed by atoms with Gasteiger partial charge in [-0.3, -0.25) is 4.79 Å². The number of ether oxygens (including phenoxy) is 1. The molecule has 4 rings (SSSR count). The zero-order valence-electron chi connectivity index (χ0n) is 15.6. The molecule has 3 heterocycles. The van der Waals surface area contributed by atoms with Crippen LogP contribution in [0.25, 0.3) is 0 Å². The average molecular weight is 370 g/mol. The molecule has 0 radical (unpaired) electrons. The van der Waals surface area contributed by atoms with E-state index in [2.05, 4.69) is 10.9 Å². The summed E-state index contributed by atoms with van der Waals surface area (Å²) in [5, 5.41) is 0. The van der Waals surface area contributed by atoms with Crippen molar-refractivity contribution in [2.45, 2.75) is 37.4 Å². The Balaban J connectivity index is 1.38. The Morgan fingerprint density at radius 1 is 1.19 bits per heavy atom. The predicted octanol–water partition coefficient (Wildman–Crippen LogP) is 1.46. The van der Waals surface area contributed by atoms with Crippen LogP contribution in [0.2, 0.25) is 0 Å². The molecule has 2 aromatic rings. The normalized spacial score (nSPS) is 27.9. The number of amides is 1. The lowest BCUT2D eigenvalue weighted by atomic mass is 10.0. The highest BCUT2D eigenvalue weighted by molar-refractivity contribution is 5.82. The number of nitrogens with zero attached hydrogens (tertiary/aromatic N) is 1. The molecular formula is C20H26N4O3. The zero-order chi connectivity index (χ0) is 19.0. The van der Waals surface area contributed by atoms with Crippen molar-refractivity contribution in [3.05, 3.63) is 53.5 Å². The molecule has 2 fully saturated rings. The second-order valence-electron chi connectivity index (χ2n) is 7.36. The van der Waals surface area contributed by atoms with Crippen molar-refractivity contribution in [1.82, 2.24) is 15.8 Å². The molecule has 1 aromatic carbocycles. The zero-order valence-corrected chi connectivity index (χ0v) is 15.6. The van der Waals surface area contributed by atoms with Crippen molar-refractivity contribution in [1.29, 1.82) is 0 Å². The first-order chi connectivity index (χ1) is 13.0. The Kier molecular flexibility index (Phi) is 4.90. The number of aryl methyl sites for hydroxylation is 1. The maximum absolute atomic E-state index is 13.0. The van der Waals surface area contributed by atoms with Gasteiger partial charge in [0.15, 0.2) is 0 Å². The first-order valence-electron chi connectivity index (χ1n) is 9.31. The van der Waals surface area contributed by atoms with E-state index in [4.69, 9.17) is 14.9 Å². The number of hydrogen-bond donors (Lipinski definition) is 3. The summed E-state index contributed by atoms with van der Waals surface area (Å²) in [5.74, 6) is 2.69. The second kappa shape index (κ2) is 7.34. The number of carbonyl (C=O) groups is 1. The molecule has 7 heteroatoms. The number of rotatable bonds is 4. The smallest absolute Gasteiger partial charge is 0.241 e. The summed E-state index contributed by atoms with van der Waals surface area (Å²) in [6.45, 7) is 3.06. The fourth-order valence-corrected chi connectivity index (χ4v) is 3.96. The third-order valence-corrected chi connectivity index (χ3v) is 5.52. The number of carbonyl (C=O) groups excluding carboxylic acids is 1. The van der Waals surface area contributed by atoms with Crippen LogP contribution in [0.5, 0.6) is 5.75 Å². The summed E-state index contributed by atoms with van der Waals surface area (Å²) >= 11 is 0. The van der Waals surface area contributed by atoms with Crippen LogP contribution in [-0.2, 0) is 4.79 Å². The molecule has 7 nitrogen and oxygen atoms in total. The molecule has 0 aliphatic carbocycles. The van der Waals surface area contributed by atoms with E-state index >= 15 is 0 Å². The first-order valence-corrected chi connectivity index (χ1v) is 9.31. The van der Waals surface area contributed by atoms with E-state index in [1.165, 1.54) is 0 Å². The molecule has 4 atom stereocenters. The highest BCUT2D eigenvalue weighted by Gasteiger charge is 2.40. The monoisotopic (exact) mass is 370 g/mol. The van der Waals surface area contributed by atoms with E-state index in [0.717, 1.165) is 22.8 Å². The third-order valence-electron chi connectivity index (χ3n) is 5.52. The largest absolute Gasteiger partial charge is 0.497 e. The molecule has 0 saturated carbocycles. The fraction of sp³-hybridized carbons (Fsp3) is 0.450. The lowest BCUT2D eigenvalue weighted by molar-refractivity contribution is -0.132. The number of benzene rings is 1. The van der Waals surface area contributed by atoms with Crippen LogP contribution in [0.3, 0.4) is 0 Å². The van der Waals surface area contributed by atoms with Gasteiger partial charge in [-0.25, -0.2) is 10.9 Å². The summed E-state index contributed by atoms with van der Waals surface area (Å²) in [4.78, 5) is 14.8. The molecule has 2 unspecified atom stereocenters. The van der Waals surface area contributed by atoms with Gasteiger partial charge in [0.25, 0.3) is 0 Å². The number of furan rings is 1. The second-order valence-corrected chi connectivity index (χ2v) is 7.36. The molecular weight excluding hydrogens is 344 g/mol. The average Bonchev–Trinajstić information content (AvgIpc) is 3.41. The van der Waals surface area contributed by atoms with Gasteiger partial charge >= 0.3 is 0 Å². The Morgan fingerprint density at radius 2 is 1.96 bits per heavy atom. The lowest BCUT2D eigenvalue weighted by Gasteiger charge is -2.20. The molecule has 2 aliphatic heterocycles. The summed E-state index contributed by atoms with van der Waals surface area (Å²) < 4.78 is 10.9. The number of hydrogen-bond acceptors (Lipinski definition) is 6. The Hall–Kier alpha value is -2.35. The topological polar surface area (TPSA) is 92.8 Å². The van der Waals surface area contributed by atoms with Gasteiger partial charge in [-0.05, 0) is 43.2 Å². The number of nitrogens with two attached hydrogens (primary N) is 1. The standard InChI is InChI=1S/C20H26N4O3/c1-12-3-8-19(27-12)15-10-24(11-16(15)21)20(25)18-9-17(22-23-18)13-4-6-14(26-2)7-5-13/h3-8,15-18,22-23H,9-11,21H2,1-2H3/t15-,16-,17?,18?/m1/s1.